The van der Waals surface area contributed by atoms with Crippen molar-refractivity contribution in [3.63, 3.8) is 0 Å². The van der Waals surface area contributed by atoms with Gasteiger partial charge in [0.25, 0.3) is 0 Å². The predicted molar refractivity (Wildman–Crippen MR) is 64.5 cm³/mol. The summed E-state index contributed by atoms with van der Waals surface area (Å²) in [6, 6.07) is 3.12. The first-order valence-electron chi connectivity index (χ1n) is 3.91. The highest BCUT2D eigenvalue weighted by Gasteiger charge is 2.11. The third-order valence-corrected chi connectivity index (χ3v) is 2.95. The molecule has 0 unspecified atom stereocenters. The summed E-state index contributed by atoms with van der Waals surface area (Å²) in [6.07, 6.45) is 0. The molecule has 1 N–H and O–H groups in total. The minimum Gasteiger partial charge on any atom is -0.506 e. The number of rotatable bonds is 2. The molecule has 3 nitrogen and oxygen atoms in total. The Hall–Kier alpha value is -0.300. The van der Waals surface area contributed by atoms with Crippen LogP contribution >= 0.6 is 38.5 Å². The van der Waals surface area contributed by atoms with Crippen LogP contribution in [0.4, 0.5) is 0 Å². The molecule has 0 saturated carbocycles. The highest BCUT2D eigenvalue weighted by Crippen LogP contribution is 2.30. The zero-order valence-electron chi connectivity index (χ0n) is 7.38. The Labute approximate surface area is 104 Å². The van der Waals surface area contributed by atoms with Crippen molar-refractivity contribution in [3.8, 4) is 5.75 Å². The average Bonchev–Trinajstić information content (AvgIpc) is 2.13. The molecule has 0 spiro atoms. The van der Waals surface area contributed by atoms with E-state index in [4.69, 9.17) is 4.74 Å². The first kappa shape index (κ1) is 11.8. The van der Waals surface area contributed by atoms with Crippen LogP contribution in [0, 0.1) is 3.57 Å². The molecule has 0 aliphatic rings. The van der Waals surface area contributed by atoms with Crippen LogP contribution in [-0.2, 0) is 4.74 Å². The molecule has 14 heavy (non-hydrogen) atoms. The van der Waals surface area contributed by atoms with E-state index in [1.807, 2.05) is 22.6 Å². The zero-order chi connectivity index (χ0) is 10.7. The maximum atomic E-state index is 11.3. The Morgan fingerprint density at radius 3 is 2.79 bits per heavy atom. The first-order valence-corrected chi connectivity index (χ1v) is 5.78. The molecular weight excluding hydrogens is 363 g/mol. The van der Waals surface area contributed by atoms with Gasteiger partial charge in [0.05, 0.1) is 20.2 Å². The van der Waals surface area contributed by atoms with Crippen LogP contribution in [0.15, 0.2) is 16.6 Å². The van der Waals surface area contributed by atoms with Crippen molar-refractivity contribution in [1.29, 1.82) is 0 Å². The van der Waals surface area contributed by atoms with Crippen LogP contribution < -0.4 is 0 Å². The van der Waals surface area contributed by atoms with E-state index in [-0.39, 0.29) is 11.7 Å². The van der Waals surface area contributed by atoms with Gasteiger partial charge in [-0.2, -0.15) is 0 Å². The van der Waals surface area contributed by atoms with Gasteiger partial charge in [-0.05, 0) is 57.6 Å². The van der Waals surface area contributed by atoms with Gasteiger partial charge in [-0.1, -0.05) is 0 Å². The molecule has 0 saturated heterocycles. The Bertz CT molecular complexity index is 342. The van der Waals surface area contributed by atoms with Gasteiger partial charge in [0.15, 0.2) is 0 Å². The molecule has 0 amide bonds. The number of carbonyl (C=O) groups excluding carboxylic acids is 1. The van der Waals surface area contributed by atoms with Crippen LogP contribution in [0.2, 0.25) is 0 Å². The second-order valence-electron chi connectivity index (χ2n) is 2.51. The smallest absolute Gasteiger partial charge is 0.338 e. The van der Waals surface area contributed by atoms with Crippen molar-refractivity contribution in [1.82, 2.24) is 0 Å². The third kappa shape index (κ3) is 2.60. The average molecular weight is 371 g/mol. The van der Waals surface area contributed by atoms with Crippen molar-refractivity contribution < 1.29 is 14.6 Å². The molecule has 0 bridgehead atoms. The molecule has 0 radical (unpaired) electrons. The van der Waals surface area contributed by atoms with Gasteiger partial charge in [-0.3, -0.25) is 0 Å². The summed E-state index contributed by atoms with van der Waals surface area (Å²) in [5.74, 6) is -0.246. The summed E-state index contributed by atoms with van der Waals surface area (Å²) in [5, 5.41) is 9.44. The van der Waals surface area contributed by atoms with Gasteiger partial charge >= 0.3 is 5.97 Å². The SMILES string of the molecule is CCOC(=O)c1cc(Br)c(O)c(I)c1. The number of ether oxygens (including phenoxy) is 1. The summed E-state index contributed by atoms with van der Waals surface area (Å²) in [7, 11) is 0. The van der Waals surface area contributed by atoms with Gasteiger partial charge in [-0.15, -0.1) is 0 Å². The molecule has 0 atom stereocenters. The summed E-state index contributed by atoms with van der Waals surface area (Å²) in [6.45, 7) is 2.09. The molecule has 0 fully saturated rings. The number of hydrogen-bond donors (Lipinski definition) is 1. The fraction of sp³-hybridized carbons (Fsp3) is 0.222. The topological polar surface area (TPSA) is 46.5 Å². The second kappa shape index (κ2) is 4.97. The number of aromatic hydroxyl groups is 1. The second-order valence-corrected chi connectivity index (χ2v) is 4.53. The molecule has 1 rings (SSSR count). The monoisotopic (exact) mass is 370 g/mol. The van der Waals surface area contributed by atoms with E-state index < -0.39 is 0 Å². The zero-order valence-corrected chi connectivity index (χ0v) is 11.1. The first-order chi connectivity index (χ1) is 6.56. The lowest BCUT2D eigenvalue weighted by molar-refractivity contribution is 0.0526. The van der Waals surface area contributed by atoms with Crippen LogP contribution in [0.25, 0.3) is 0 Å². The van der Waals surface area contributed by atoms with E-state index in [0.717, 1.165) is 0 Å². The van der Waals surface area contributed by atoms with Crippen molar-refractivity contribution in [2.75, 3.05) is 6.61 Å². The molecule has 0 aromatic heterocycles. The molecule has 76 valence electrons. The number of halogens is 2. The quantitative estimate of drug-likeness (QED) is 0.643. The Morgan fingerprint density at radius 1 is 1.64 bits per heavy atom. The Morgan fingerprint density at radius 2 is 2.29 bits per heavy atom. The van der Waals surface area contributed by atoms with Gasteiger partial charge < -0.3 is 9.84 Å². The fourth-order valence-corrected chi connectivity index (χ4v) is 2.35. The largest absolute Gasteiger partial charge is 0.506 e. The lowest BCUT2D eigenvalue weighted by atomic mass is 10.2. The summed E-state index contributed by atoms with van der Waals surface area (Å²) in [4.78, 5) is 11.3. The van der Waals surface area contributed by atoms with Crippen molar-refractivity contribution in [2.24, 2.45) is 0 Å². The molecule has 1 aromatic rings. The van der Waals surface area contributed by atoms with Gasteiger partial charge in [-0.25, -0.2) is 4.79 Å². The van der Waals surface area contributed by atoms with Crippen molar-refractivity contribution in [2.45, 2.75) is 6.92 Å². The molecule has 0 heterocycles. The highest BCUT2D eigenvalue weighted by molar-refractivity contribution is 14.1. The number of esters is 1. The number of hydrogen-bond acceptors (Lipinski definition) is 3. The van der Waals surface area contributed by atoms with Crippen LogP contribution in [-0.4, -0.2) is 17.7 Å². The lowest BCUT2D eigenvalue weighted by Crippen LogP contribution is -2.04. The number of carbonyl (C=O) groups is 1. The lowest BCUT2D eigenvalue weighted by Gasteiger charge is -2.05. The number of benzene rings is 1. The van der Waals surface area contributed by atoms with Gasteiger partial charge in [0.2, 0.25) is 0 Å². The van der Waals surface area contributed by atoms with Crippen molar-refractivity contribution in [3.05, 3.63) is 25.7 Å². The van der Waals surface area contributed by atoms with Gasteiger partial charge in [0, 0.05) is 0 Å². The van der Waals surface area contributed by atoms with Crippen molar-refractivity contribution >= 4 is 44.5 Å². The molecular formula is C9H8BrIO3. The normalized spacial score (nSPS) is 9.93. The van der Waals surface area contributed by atoms with E-state index >= 15 is 0 Å². The third-order valence-electron chi connectivity index (χ3n) is 1.53. The maximum absolute atomic E-state index is 11.3. The standard InChI is InChI=1S/C9H8BrIO3/c1-2-14-9(13)5-3-6(10)8(12)7(11)4-5/h3-4,12H,2H2,1H3. The van der Waals surface area contributed by atoms with E-state index in [2.05, 4.69) is 15.9 Å². The van der Waals surface area contributed by atoms with Gasteiger partial charge in [0.1, 0.15) is 5.75 Å². The molecule has 5 heteroatoms. The summed E-state index contributed by atoms with van der Waals surface area (Å²) >= 11 is 5.10. The summed E-state index contributed by atoms with van der Waals surface area (Å²) < 4.78 is 5.94. The minimum absolute atomic E-state index is 0.138. The summed E-state index contributed by atoms with van der Waals surface area (Å²) in [5.41, 5.74) is 0.431. The fourth-order valence-electron chi connectivity index (χ4n) is 0.898. The Kier molecular flexibility index (Phi) is 4.18. The minimum atomic E-state index is -0.383. The van der Waals surface area contributed by atoms with E-state index in [9.17, 15) is 9.90 Å². The number of phenolic OH excluding ortho intramolecular Hbond substituents is 1. The van der Waals surface area contributed by atoms with Crippen LogP contribution in [0.5, 0.6) is 5.75 Å². The highest BCUT2D eigenvalue weighted by atomic mass is 127. The number of phenols is 1. The predicted octanol–water partition coefficient (Wildman–Crippen LogP) is 2.94. The van der Waals surface area contributed by atoms with E-state index in [1.54, 1.807) is 13.0 Å². The molecule has 0 aliphatic heterocycles. The van der Waals surface area contributed by atoms with E-state index in [1.165, 1.54) is 6.07 Å². The molecule has 1 aromatic carbocycles. The Balaban J connectivity index is 3.06. The maximum Gasteiger partial charge on any atom is 0.338 e. The van der Waals surface area contributed by atoms with Crippen LogP contribution in [0.1, 0.15) is 17.3 Å². The van der Waals surface area contributed by atoms with Crippen LogP contribution in [0.3, 0.4) is 0 Å². The molecule has 0 aliphatic carbocycles. The van der Waals surface area contributed by atoms with E-state index in [0.29, 0.717) is 20.2 Å².